The Morgan fingerprint density at radius 1 is 1.39 bits per heavy atom. The van der Waals surface area contributed by atoms with E-state index in [2.05, 4.69) is 26.8 Å². The monoisotopic (exact) mass is 246 g/mol. The zero-order valence-electron chi connectivity index (χ0n) is 11.0. The first kappa shape index (κ1) is 12.6. The third-order valence-electron chi connectivity index (χ3n) is 3.41. The summed E-state index contributed by atoms with van der Waals surface area (Å²) in [6.07, 6.45) is 4.69. The fourth-order valence-electron chi connectivity index (χ4n) is 2.18. The summed E-state index contributed by atoms with van der Waals surface area (Å²) in [4.78, 5) is 14.3. The minimum atomic E-state index is 0.477. The lowest BCUT2D eigenvalue weighted by Crippen LogP contribution is -2.34. The molecule has 1 aromatic heterocycles. The van der Waals surface area contributed by atoms with Gasteiger partial charge in [0.2, 0.25) is 0 Å². The number of nitrogens with zero attached hydrogens (tertiary/aromatic N) is 6. The van der Waals surface area contributed by atoms with E-state index < -0.39 is 0 Å². The zero-order valence-corrected chi connectivity index (χ0v) is 11.0. The second-order valence-corrected chi connectivity index (χ2v) is 4.71. The van der Waals surface area contributed by atoms with Crippen LogP contribution in [0.15, 0.2) is 12.4 Å². The van der Waals surface area contributed by atoms with Crippen molar-refractivity contribution in [1.82, 2.24) is 14.9 Å². The van der Waals surface area contributed by atoms with Crippen molar-refractivity contribution < 1.29 is 0 Å². The molecular formula is C12H18N6. The molecule has 0 aliphatic carbocycles. The highest BCUT2D eigenvalue weighted by atomic mass is 15.3. The highest BCUT2D eigenvalue weighted by molar-refractivity contribution is 5.52. The third kappa shape index (κ3) is 2.51. The number of likely N-dealkylation sites (N-methyl/N-ethyl adjacent to an activating group) is 2. The van der Waals surface area contributed by atoms with E-state index in [9.17, 15) is 0 Å². The van der Waals surface area contributed by atoms with Crippen LogP contribution in [0.1, 0.15) is 6.42 Å². The lowest BCUT2D eigenvalue weighted by molar-refractivity contribution is 0.409. The molecule has 1 unspecified atom stereocenters. The van der Waals surface area contributed by atoms with E-state index in [1.165, 1.54) is 11.2 Å². The van der Waals surface area contributed by atoms with Crippen molar-refractivity contribution in [3.05, 3.63) is 12.4 Å². The molecule has 1 saturated heterocycles. The molecule has 0 saturated carbocycles. The van der Waals surface area contributed by atoms with Crippen LogP contribution in [0.2, 0.25) is 0 Å². The van der Waals surface area contributed by atoms with Crippen molar-refractivity contribution in [2.45, 2.75) is 12.5 Å². The molecule has 0 aromatic carbocycles. The van der Waals surface area contributed by atoms with Crippen molar-refractivity contribution in [3.8, 4) is 6.19 Å². The molecule has 96 valence electrons. The summed E-state index contributed by atoms with van der Waals surface area (Å²) in [6.45, 7) is 2.16. The smallest absolute Gasteiger partial charge is 0.185 e. The van der Waals surface area contributed by atoms with Crippen molar-refractivity contribution in [2.75, 3.05) is 44.0 Å². The lowest BCUT2D eigenvalue weighted by Gasteiger charge is -2.25. The molecule has 0 spiro atoms. The molecule has 1 aromatic rings. The number of anilines is 2. The Balaban J connectivity index is 2.15. The van der Waals surface area contributed by atoms with Crippen molar-refractivity contribution in [3.63, 3.8) is 0 Å². The van der Waals surface area contributed by atoms with Crippen LogP contribution >= 0.6 is 0 Å². The van der Waals surface area contributed by atoms with Crippen LogP contribution < -0.4 is 9.80 Å². The Kier molecular flexibility index (Phi) is 3.63. The van der Waals surface area contributed by atoms with Gasteiger partial charge in [-0.25, -0.2) is 9.97 Å². The van der Waals surface area contributed by atoms with E-state index >= 15 is 0 Å². The van der Waals surface area contributed by atoms with E-state index in [0.29, 0.717) is 11.9 Å². The lowest BCUT2D eigenvalue weighted by atomic mass is 10.2. The summed E-state index contributed by atoms with van der Waals surface area (Å²) in [7, 11) is 5.86. The van der Waals surface area contributed by atoms with E-state index in [1.54, 1.807) is 7.05 Å². The maximum absolute atomic E-state index is 8.86. The van der Waals surface area contributed by atoms with Crippen LogP contribution in [0.4, 0.5) is 11.6 Å². The van der Waals surface area contributed by atoms with Gasteiger partial charge in [0.1, 0.15) is 18.0 Å². The Labute approximate surface area is 107 Å². The van der Waals surface area contributed by atoms with Crippen LogP contribution in [0.5, 0.6) is 0 Å². The molecule has 2 rings (SSSR count). The molecule has 0 bridgehead atoms. The maximum atomic E-state index is 8.86. The van der Waals surface area contributed by atoms with Gasteiger partial charge in [0.15, 0.2) is 6.19 Å². The third-order valence-corrected chi connectivity index (χ3v) is 3.41. The molecule has 1 atom stereocenters. The topological polar surface area (TPSA) is 59.3 Å². The molecule has 18 heavy (non-hydrogen) atoms. The average molecular weight is 246 g/mol. The Morgan fingerprint density at radius 2 is 2.11 bits per heavy atom. The largest absolute Gasteiger partial charge is 0.355 e. The second-order valence-electron chi connectivity index (χ2n) is 4.71. The second kappa shape index (κ2) is 5.19. The fourth-order valence-corrected chi connectivity index (χ4v) is 2.18. The van der Waals surface area contributed by atoms with Crippen molar-refractivity contribution >= 4 is 11.6 Å². The minimum Gasteiger partial charge on any atom is -0.355 e. The number of hydrogen-bond acceptors (Lipinski definition) is 6. The van der Waals surface area contributed by atoms with Crippen LogP contribution in [0, 0.1) is 11.5 Å². The molecular weight excluding hydrogens is 228 g/mol. The van der Waals surface area contributed by atoms with Gasteiger partial charge in [-0.1, -0.05) is 0 Å². The first-order valence-electron chi connectivity index (χ1n) is 5.98. The first-order valence-corrected chi connectivity index (χ1v) is 5.98. The van der Waals surface area contributed by atoms with Gasteiger partial charge < -0.3 is 9.80 Å². The van der Waals surface area contributed by atoms with Crippen LogP contribution in [-0.2, 0) is 0 Å². The first-order chi connectivity index (χ1) is 8.61. The summed E-state index contributed by atoms with van der Waals surface area (Å²) in [5.74, 6) is 1.49. The number of aromatic nitrogens is 2. The summed E-state index contributed by atoms with van der Waals surface area (Å²) >= 11 is 0. The predicted molar refractivity (Wildman–Crippen MR) is 70.4 cm³/mol. The number of hydrogen-bond donors (Lipinski definition) is 0. The van der Waals surface area contributed by atoms with E-state index in [1.807, 2.05) is 19.3 Å². The highest BCUT2D eigenvalue weighted by Gasteiger charge is 2.24. The summed E-state index contributed by atoms with van der Waals surface area (Å²) in [5.41, 5.74) is 0. The maximum Gasteiger partial charge on any atom is 0.185 e. The molecule has 0 radical (unpaired) electrons. The van der Waals surface area contributed by atoms with Gasteiger partial charge in [0.25, 0.3) is 0 Å². The average Bonchev–Trinajstić information content (AvgIpc) is 2.83. The Hall–Kier alpha value is -1.87. The van der Waals surface area contributed by atoms with Crippen LogP contribution in [0.25, 0.3) is 0 Å². The highest BCUT2D eigenvalue weighted by Crippen LogP contribution is 2.21. The molecule has 6 heteroatoms. The quantitative estimate of drug-likeness (QED) is 0.573. The molecule has 0 N–H and O–H groups in total. The molecule has 1 aliphatic rings. The van der Waals surface area contributed by atoms with Gasteiger partial charge in [0, 0.05) is 32.7 Å². The molecule has 6 nitrogen and oxygen atoms in total. The number of likely N-dealkylation sites (tertiary alicyclic amines) is 1. The molecule has 2 heterocycles. The zero-order chi connectivity index (χ0) is 13.1. The minimum absolute atomic E-state index is 0.477. The predicted octanol–water partition coefficient (Wildman–Crippen LogP) is 0.534. The SMILES string of the molecule is CN1CCC(N(C)c2cc(N(C)C#N)ncn2)C1. The summed E-state index contributed by atoms with van der Waals surface area (Å²) < 4.78 is 0. The van der Waals surface area contributed by atoms with Crippen LogP contribution in [-0.4, -0.2) is 55.1 Å². The van der Waals surface area contributed by atoms with Gasteiger partial charge in [0.05, 0.1) is 0 Å². The standard InChI is InChI=1S/C12H18N6/c1-16-5-4-10(7-16)18(3)12-6-11(14-9-15-12)17(2)8-13/h6,9-10H,4-5,7H2,1-3H3. The van der Waals surface area contributed by atoms with Gasteiger partial charge >= 0.3 is 0 Å². The van der Waals surface area contributed by atoms with E-state index in [4.69, 9.17) is 5.26 Å². The van der Waals surface area contributed by atoms with Gasteiger partial charge in [-0.3, -0.25) is 4.90 Å². The number of rotatable bonds is 3. The van der Waals surface area contributed by atoms with Crippen LogP contribution in [0.3, 0.4) is 0 Å². The van der Waals surface area contributed by atoms with Gasteiger partial charge in [-0.2, -0.15) is 5.26 Å². The normalized spacial score (nSPS) is 19.6. The molecule has 1 fully saturated rings. The van der Waals surface area contributed by atoms with Gasteiger partial charge in [-0.15, -0.1) is 0 Å². The van der Waals surface area contributed by atoms with E-state index in [-0.39, 0.29) is 0 Å². The fraction of sp³-hybridized carbons (Fsp3) is 0.583. The number of nitriles is 1. The molecule has 1 aliphatic heterocycles. The van der Waals surface area contributed by atoms with Gasteiger partial charge in [-0.05, 0) is 20.0 Å². The van der Waals surface area contributed by atoms with Crippen molar-refractivity contribution in [1.29, 1.82) is 5.26 Å². The van der Waals surface area contributed by atoms with E-state index in [0.717, 1.165) is 25.3 Å². The summed E-state index contributed by atoms with van der Waals surface area (Å²) in [5, 5.41) is 8.86. The Bertz CT molecular complexity index is 454. The molecule has 0 amide bonds. The Morgan fingerprint density at radius 3 is 2.72 bits per heavy atom. The van der Waals surface area contributed by atoms with Crippen molar-refractivity contribution in [2.24, 2.45) is 0 Å². The summed E-state index contributed by atoms with van der Waals surface area (Å²) in [6, 6.07) is 2.33.